The number of para-hydroxylation sites is 1. The molecule has 142 valence electrons. The lowest BCUT2D eigenvalue weighted by Crippen LogP contribution is -2.21. The lowest BCUT2D eigenvalue weighted by molar-refractivity contribution is 0.125. The molecule has 2 aromatic carbocycles. The van der Waals surface area contributed by atoms with Gasteiger partial charge < -0.3 is 14.6 Å². The van der Waals surface area contributed by atoms with Gasteiger partial charge in [0.1, 0.15) is 18.1 Å². The molecule has 1 aromatic heterocycles. The van der Waals surface area contributed by atoms with E-state index in [1.165, 1.54) is 11.8 Å². The molecule has 8 heteroatoms. The Balaban J connectivity index is 1.58. The summed E-state index contributed by atoms with van der Waals surface area (Å²) in [5.41, 5.74) is 2.93. The number of ether oxygens (including phenoxy) is 2. The van der Waals surface area contributed by atoms with Gasteiger partial charge >= 0.3 is 0 Å². The second kappa shape index (κ2) is 8.88. The predicted octanol–water partition coefficient (Wildman–Crippen LogP) is 2.82. The molecular weight excluding hydrogens is 364 g/mol. The third kappa shape index (κ3) is 4.78. The van der Waals surface area contributed by atoms with Crippen LogP contribution >= 0.6 is 11.8 Å². The second-order valence-electron chi connectivity index (χ2n) is 6.07. The van der Waals surface area contributed by atoms with Gasteiger partial charge in [-0.3, -0.25) is 0 Å². The van der Waals surface area contributed by atoms with Crippen LogP contribution in [-0.4, -0.2) is 50.9 Å². The SMILES string of the molecule is COc1ccc(-n2nnnc2SC[C@H](O)COc2c(C)cccc2C)cc1. The van der Waals surface area contributed by atoms with Gasteiger partial charge in [0.2, 0.25) is 5.16 Å². The zero-order valence-electron chi connectivity index (χ0n) is 15.5. The number of benzene rings is 2. The van der Waals surface area contributed by atoms with E-state index in [1.54, 1.807) is 11.8 Å². The number of rotatable bonds is 8. The Kier molecular flexibility index (Phi) is 6.31. The zero-order chi connectivity index (χ0) is 19.2. The Labute approximate surface area is 162 Å². The van der Waals surface area contributed by atoms with Crippen molar-refractivity contribution in [3.63, 3.8) is 0 Å². The first-order chi connectivity index (χ1) is 13.1. The number of aliphatic hydroxyl groups excluding tert-OH is 1. The Morgan fingerprint density at radius 1 is 1.11 bits per heavy atom. The molecular formula is C19H22N4O3S. The minimum atomic E-state index is -0.643. The van der Waals surface area contributed by atoms with Crippen LogP contribution in [-0.2, 0) is 0 Å². The molecule has 7 nitrogen and oxygen atoms in total. The summed E-state index contributed by atoms with van der Waals surface area (Å²) in [4.78, 5) is 0. The summed E-state index contributed by atoms with van der Waals surface area (Å²) in [6, 6.07) is 13.4. The molecule has 0 spiro atoms. The van der Waals surface area contributed by atoms with E-state index in [9.17, 15) is 5.11 Å². The van der Waals surface area contributed by atoms with E-state index in [-0.39, 0.29) is 6.61 Å². The highest BCUT2D eigenvalue weighted by Gasteiger charge is 2.14. The third-order valence-corrected chi connectivity index (χ3v) is 5.06. The van der Waals surface area contributed by atoms with Crippen LogP contribution < -0.4 is 9.47 Å². The van der Waals surface area contributed by atoms with Crippen molar-refractivity contribution >= 4 is 11.8 Å². The molecule has 0 aliphatic rings. The molecule has 3 aromatic rings. The highest BCUT2D eigenvalue weighted by atomic mass is 32.2. The first-order valence-corrected chi connectivity index (χ1v) is 9.49. The fourth-order valence-corrected chi connectivity index (χ4v) is 3.38. The molecule has 1 heterocycles. The molecule has 0 aliphatic heterocycles. The number of aliphatic hydroxyl groups is 1. The number of tetrazole rings is 1. The Bertz CT molecular complexity index is 863. The first kappa shape index (κ1) is 19.2. The van der Waals surface area contributed by atoms with Crippen LogP contribution in [0.5, 0.6) is 11.5 Å². The average Bonchev–Trinajstić information content (AvgIpc) is 3.14. The van der Waals surface area contributed by atoms with Gasteiger partial charge in [0, 0.05) is 5.75 Å². The standard InChI is InChI=1S/C19H22N4O3S/c1-13-5-4-6-14(2)18(13)26-11-16(24)12-27-19-20-21-22-23(19)15-7-9-17(25-3)10-8-15/h4-10,16,24H,11-12H2,1-3H3/t16-/m1/s1. The van der Waals surface area contributed by atoms with Crippen molar-refractivity contribution in [2.45, 2.75) is 25.1 Å². The zero-order valence-corrected chi connectivity index (χ0v) is 16.3. The maximum atomic E-state index is 10.3. The van der Waals surface area contributed by atoms with Crippen molar-refractivity contribution in [1.29, 1.82) is 0 Å². The van der Waals surface area contributed by atoms with Gasteiger partial charge in [-0.15, -0.1) is 5.10 Å². The Hall–Kier alpha value is -2.58. The molecule has 0 aliphatic carbocycles. The van der Waals surface area contributed by atoms with E-state index in [2.05, 4.69) is 15.5 Å². The minimum absolute atomic E-state index is 0.211. The Morgan fingerprint density at radius 2 is 1.81 bits per heavy atom. The van der Waals surface area contributed by atoms with E-state index in [0.717, 1.165) is 28.3 Å². The molecule has 27 heavy (non-hydrogen) atoms. The highest BCUT2D eigenvalue weighted by Crippen LogP contribution is 2.24. The van der Waals surface area contributed by atoms with Crippen molar-refractivity contribution < 1.29 is 14.6 Å². The second-order valence-corrected chi connectivity index (χ2v) is 7.06. The minimum Gasteiger partial charge on any atom is -0.497 e. The van der Waals surface area contributed by atoms with E-state index in [0.29, 0.717) is 10.9 Å². The number of nitrogens with zero attached hydrogens (tertiary/aromatic N) is 4. The molecule has 1 N–H and O–H groups in total. The van der Waals surface area contributed by atoms with E-state index >= 15 is 0 Å². The number of aromatic nitrogens is 4. The highest BCUT2D eigenvalue weighted by molar-refractivity contribution is 7.99. The maximum Gasteiger partial charge on any atom is 0.214 e. The van der Waals surface area contributed by atoms with E-state index in [1.807, 2.05) is 56.3 Å². The Morgan fingerprint density at radius 3 is 2.48 bits per heavy atom. The molecule has 0 amide bonds. The van der Waals surface area contributed by atoms with Crippen molar-refractivity contribution in [2.24, 2.45) is 0 Å². The summed E-state index contributed by atoms with van der Waals surface area (Å²) >= 11 is 1.38. The van der Waals surface area contributed by atoms with Crippen molar-refractivity contribution in [1.82, 2.24) is 20.2 Å². The number of hydrogen-bond donors (Lipinski definition) is 1. The van der Waals surface area contributed by atoms with E-state index < -0.39 is 6.10 Å². The smallest absolute Gasteiger partial charge is 0.214 e. The molecule has 0 fully saturated rings. The molecule has 0 unspecified atom stereocenters. The van der Waals surface area contributed by atoms with Crippen molar-refractivity contribution in [2.75, 3.05) is 19.5 Å². The average molecular weight is 386 g/mol. The number of hydrogen-bond acceptors (Lipinski definition) is 7. The summed E-state index contributed by atoms with van der Waals surface area (Å²) in [5.74, 6) is 2.01. The van der Waals surface area contributed by atoms with Gasteiger partial charge in [0.15, 0.2) is 0 Å². The summed E-state index contributed by atoms with van der Waals surface area (Å²) in [7, 11) is 1.62. The van der Waals surface area contributed by atoms with Gasteiger partial charge in [-0.2, -0.15) is 4.68 Å². The third-order valence-electron chi connectivity index (χ3n) is 3.99. The summed E-state index contributed by atoms with van der Waals surface area (Å²) in [5, 5.41) is 22.7. The monoisotopic (exact) mass is 386 g/mol. The number of aryl methyl sites for hydroxylation is 2. The van der Waals surface area contributed by atoms with Gasteiger partial charge in [0.05, 0.1) is 18.9 Å². The fraction of sp³-hybridized carbons (Fsp3) is 0.316. The van der Waals surface area contributed by atoms with Crippen LogP contribution in [0, 0.1) is 13.8 Å². The van der Waals surface area contributed by atoms with Crippen LogP contribution in [0.1, 0.15) is 11.1 Å². The van der Waals surface area contributed by atoms with Crippen molar-refractivity contribution in [3.05, 3.63) is 53.6 Å². The first-order valence-electron chi connectivity index (χ1n) is 8.51. The largest absolute Gasteiger partial charge is 0.497 e. The summed E-state index contributed by atoms with van der Waals surface area (Å²) in [6.07, 6.45) is -0.643. The summed E-state index contributed by atoms with van der Waals surface area (Å²) in [6.45, 7) is 4.20. The van der Waals surface area contributed by atoms with Crippen LogP contribution in [0.4, 0.5) is 0 Å². The maximum absolute atomic E-state index is 10.3. The van der Waals surface area contributed by atoms with Gasteiger partial charge in [-0.25, -0.2) is 0 Å². The molecule has 0 saturated heterocycles. The van der Waals surface area contributed by atoms with E-state index in [4.69, 9.17) is 9.47 Å². The van der Waals surface area contributed by atoms with Crippen LogP contribution in [0.25, 0.3) is 5.69 Å². The molecule has 0 radical (unpaired) electrons. The van der Waals surface area contributed by atoms with Crippen LogP contribution in [0.15, 0.2) is 47.6 Å². The van der Waals surface area contributed by atoms with Gasteiger partial charge in [-0.1, -0.05) is 30.0 Å². The van der Waals surface area contributed by atoms with Gasteiger partial charge in [-0.05, 0) is 59.7 Å². The van der Waals surface area contributed by atoms with Crippen LogP contribution in [0.2, 0.25) is 0 Å². The van der Waals surface area contributed by atoms with Crippen molar-refractivity contribution in [3.8, 4) is 17.2 Å². The van der Waals surface area contributed by atoms with Gasteiger partial charge in [0.25, 0.3) is 0 Å². The quantitative estimate of drug-likeness (QED) is 0.596. The molecule has 0 saturated carbocycles. The number of methoxy groups -OCH3 is 1. The normalized spacial score (nSPS) is 12.0. The van der Waals surface area contributed by atoms with Crippen LogP contribution in [0.3, 0.4) is 0 Å². The molecule has 0 bridgehead atoms. The number of thioether (sulfide) groups is 1. The fourth-order valence-electron chi connectivity index (χ4n) is 2.58. The summed E-state index contributed by atoms with van der Waals surface area (Å²) < 4.78 is 12.6. The predicted molar refractivity (Wildman–Crippen MR) is 104 cm³/mol. The topological polar surface area (TPSA) is 82.3 Å². The lowest BCUT2D eigenvalue weighted by Gasteiger charge is -2.15. The molecule has 3 rings (SSSR count). The molecule has 1 atom stereocenters. The lowest BCUT2D eigenvalue weighted by atomic mass is 10.1.